The highest BCUT2D eigenvalue weighted by Crippen LogP contribution is 2.33. The predicted molar refractivity (Wildman–Crippen MR) is 93.0 cm³/mol. The minimum atomic E-state index is -4.04. The summed E-state index contributed by atoms with van der Waals surface area (Å²) < 4.78 is 41.5. The fraction of sp³-hybridized carbons (Fsp3) is 0.176. The van der Waals surface area contributed by atoms with Gasteiger partial charge in [-0.3, -0.25) is 0 Å². The number of rotatable bonds is 5. The minimum Gasteiger partial charge on any atom is -0.383 e. The monoisotopic (exact) mass is 365 g/mol. The molecule has 0 fully saturated rings. The highest BCUT2D eigenvalue weighted by Gasteiger charge is 2.29. The van der Waals surface area contributed by atoms with E-state index < -0.39 is 26.3 Å². The summed E-state index contributed by atoms with van der Waals surface area (Å²) in [6, 6.07) is 14.6. The molecular weight excluding hydrogens is 349 g/mol. The fourth-order valence-electron chi connectivity index (χ4n) is 2.31. The zero-order chi connectivity index (χ0) is 17.4. The summed E-state index contributed by atoms with van der Waals surface area (Å²) in [5, 5.41) is 11.6. The number of nitrogens with one attached hydrogen (secondary N) is 1. The van der Waals surface area contributed by atoms with Gasteiger partial charge < -0.3 is 5.11 Å². The summed E-state index contributed by atoms with van der Waals surface area (Å²) in [5.74, 6) is -0.827. The molecule has 2 N–H and O–H groups in total. The molecular formula is C17H16FNO3S2. The van der Waals surface area contributed by atoms with Crippen molar-refractivity contribution in [2.75, 3.05) is 6.54 Å². The molecule has 2 aromatic carbocycles. The predicted octanol–water partition coefficient (Wildman–Crippen LogP) is 3.23. The molecule has 4 nitrogen and oxygen atoms in total. The second-order valence-corrected chi connectivity index (χ2v) is 8.50. The van der Waals surface area contributed by atoms with Crippen LogP contribution in [0.3, 0.4) is 0 Å². The normalized spacial score (nSPS) is 14.6. The first-order chi connectivity index (χ1) is 11.3. The van der Waals surface area contributed by atoms with Gasteiger partial charge in [0.2, 0.25) is 10.0 Å². The smallest absolute Gasteiger partial charge is 0.243 e. The quantitative estimate of drug-likeness (QED) is 0.730. The van der Waals surface area contributed by atoms with Crippen LogP contribution < -0.4 is 4.72 Å². The van der Waals surface area contributed by atoms with Crippen LogP contribution in [0.2, 0.25) is 0 Å². The molecule has 1 unspecified atom stereocenters. The van der Waals surface area contributed by atoms with Crippen LogP contribution in [0.4, 0.5) is 4.39 Å². The number of hydrogen-bond donors (Lipinski definition) is 2. The van der Waals surface area contributed by atoms with Crippen molar-refractivity contribution in [3.05, 3.63) is 65.3 Å². The van der Waals surface area contributed by atoms with Gasteiger partial charge >= 0.3 is 0 Å². The van der Waals surface area contributed by atoms with Crippen molar-refractivity contribution < 1.29 is 17.9 Å². The second-order valence-electron chi connectivity index (χ2n) is 5.68. The van der Waals surface area contributed by atoms with Crippen LogP contribution in [-0.4, -0.2) is 20.1 Å². The first-order valence-corrected chi connectivity index (χ1v) is 9.55. The molecule has 0 amide bonds. The number of sulfonamides is 1. The number of halogens is 1. The number of aliphatic hydroxyl groups is 1. The van der Waals surface area contributed by atoms with Gasteiger partial charge in [-0.15, -0.1) is 11.3 Å². The molecule has 1 heterocycles. The molecule has 0 aliphatic heterocycles. The summed E-state index contributed by atoms with van der Waals surface area (Å²) in [4.78, 5) is 0.206. The lowest BCUT2D eigenvalue weighted by atomic mass is 10.1. The third-order valence-corrected chi connectivity index (χ3v) is 6.49. The Morgan fingerprint density at radius 3 is 2.54 bits per heavy atom. The molecule has 7 heteroatoms. The zero-order valence-electron chi connectivity index (χ0n) is 12.9. The van der Waals surface area contributed by atoms with Gasteiger partial charge in [-0.05, 0) is 36.6 Å². The summed E-state index contributed by atoms with van der Waals surface area (Å²) >= 11 is 1.39. The number of thiophene rings is 1. The van der Waals surface area contributed by atoms with E-state index in [1.807, 2.05) is 30.3 Å². The SMILES string of the molecule is CC(O)(CNS(=O)(=O)c1ccccc1F)c1cc2ccccc2s1. The third-order valence-electron chi connectivity index (χ3n) is 3.69. The van der Waals surface area contributed by atoms with E-state index in [9.17, 15) is 17.9 Å². The highest BCUT2D eigenvalue weighted by atomic mass is 32.2. The number of benzene rings is 2. The molecule has 0 aliphatic carbocycles. The average Bonchev–Trinajstić information content (AvgIpc) is 2.98. The van der Waals surface area contributed by atoms with Crippen molar-refractivity contribution in [1.82, 2.24) is 4.72 Å². The van der Waals surface area contributed by atoms with E-state index in [0.29, 0.717) is 4.88 Å². The Kier molecular flexibility index (Phi) is 4.44. The Labute approximate surface area is 143 Å². The van der Waals surface area contributed by atoms with Crippen LogP contribution in [0.25, 0.3) is 10.1 Å². The van der Waals surface area contributed by atoms with Gasteiger partial charge in [0.15, 0.2) is 0 Å². The van der Waals surface area contributed by atoms with Crippen molar-refractivity contribution in [3.8, 4) is 0 Å². The lowest BCUT2D eigenvalue weighted by Gasteiger charge is -2.22. The summed E-state index contributed by atoms with van der Waals surface area (Å²) in [6.07, 6.45) is 0. The number of hydrogen-bond acceptors (Lipinski definition) is 4. The topological polar surface area (TPSA) is 66.4 Å². The van der Waals surface area contributed by atoms with Gasteiger partial charge in [0, 0.05) is 16.1 Å². The van der Waals surface area contributed by atoms with E-state index in [-0.39, 0.29) is 6.54 Å². The molecule has 126 valence electrons. The maximum Gasteiger partial charge on any atom is 0.243 e. The lowest BCUT2D eigenvalue weighted by molar-refractivity contribution is 0.0666. The van der Waals surface area contributed by atoms with Gasteiger partial charge in [0.05, 0.1) is 0 Å². The second kappa shape index (κ2) is 6.25. The molecule has 0 bridgehead atoms. The van der Waals surface area contributed by atoms with Crippen LogP contribution in [0.5, 0.6) is 0 Å². The fourth-order valence-corrected chi connectivity index (χ4v) is 4.63. The largest absolute Gasteiger partial charge is 0.383 e. The van der Waals surface area contributed by atoms with Gasteiger partial charge in [-0.1, -0.05) is 30.3 Å². The molecule has 1 atom stereocenters. The molecule has 1 aromatic heterocycles. The lowest BCUT2D eigenvalue weighted by Crippen LogP contribution is -2.38. The maximum atomic E-state index is 13.7. The summed E-state index contributed by atoms with van der Waals surface area (Å²) in [5.41, 5.74) is -1.40. The van der Waals surface area contributed by atoms with Gasteiger partial charge in [-0.25, -0.2) is 17.5 Å². The average molecular weight is 365 g/mol. The molecule has 3 aromatic rings. The highest BCUT2D eigenvalue weighted by molar-refractivity contribution is 7.89. The van der Waals surface area contributed by atoms with Crippen molar-refractivity contribution in [2.24, 2.45) is 0 Å². The van der Waals surface area contributed by atoms with Crippen LogP contribution in [0.1, 0.15) is 11.8 Å². The van der Waals surface area contributed by atoms with Crippen LogP contribution in [0.15, 0.2) is 59.5 Å². The standard InChI is InChI=1S/C17H16FNO3S2/c1-17(20,16-10-12-6-2-4-8-14(12)23-16)11-19-24(21,22)15-9-5-3-7-13(15)18/h2-10,19-20H,11H2,1H3. The first kappa shape index (κ1) is 17.0. The van der Waals surface area contributed by atoms with Gasteiger partial charge in [-0.2, -0.15) is 0 Å². The van der Waals surface area contributed by atoms with Crippen LogP contribution >= 0.6 is 11.3 Å². The first-order valence-electron chi connectivity index (χ1n) is 7.25. The van der Waals surface area contributed by atoms with E-state index in [4.69, 9.17) is 0 Å². The van der Waals surface area contributed by atoms with E-state index in [1.54, 1.807) is 0 Å². The Morgan fingerprint density at radius 1 is 1.17 bits per heavy atom. The molecule has 0 aliphatic rings. The van der Waals surface area contributed by atoms with E-state index in [0.717, 1.165) is 16.2 Å². The number of fused-ring (bicyclic) bond motifs is 1. The maximum absolute atomic E-state index is 13.7. The van der Waals surface area contributed by atoms with Crippen molar-refractivity contribution in [2.45, 2.75) is 17.4 Å². The molecule has 0 saturated heterocycles. The van der Waals surface area contributed by atoms with Crippen molar-refractivity contribution in [1.29, 1.82) is 0 Å². The molecule has 0 saturated carbocycles. The summed E-state index contributed by atoms with van der Waals surface area (Å²) in [7, 11) is -4.04. The van der Waals surface area contributed by atoms with E-state index in [2.05, 4.69) is 4.72 Å². The Balaban J connectivity index is 1.83. The van der Waals surface area contributed by atoms with Crippen LogP contribution in [-0.2, 0) is 15.6 Å². The summed E-state index contributed by atoms with van der Waals surface area (Å²) in [6.45, 7) is 1.28. The zero-order valence-corrected chi connectivity index (χ0v) is 14.5. The Morgan fingerprint density at radius 2 is 1.83 bits per heavy atom. The molecule has 0 radical (unpaired) electrons. The van der Waals surface area contributed by atoms with Crippen molar-refractivity contribution in [3.63, 3.8) is 0 Å². The molecule has 24 heavy (non-hydrogen) atoms. The Bertz CT molecular complexity index is 947. The Hall–Kier alpha value is -1.80. The third kappa shape index (κ3) is 3.34. The minimum absolute atomic E-state index is 0.253. The van der Waals surface area contributed by atoms with Crippen molar-refractivity contribution >= 4 is 31.4 Å². The van der Waals surface area contributed by atoms with Gasteiger partial charge in [0.25, 0.3) is 0 Å². The van der Waals surface area contributed by atoms with Gasteiger partial charge in [0.1, 0.15) is 16.3 Å². The molecule has 0 spiro atoms. The molecule has 3 rings (SSSR count). The van der Waals surface area contributed by atoms with E-state index in [1.165, 1.54) is 36.5 Å². The van der Waals surface area contributed by atoms with E-state index >= 15 is 0 Å². The van der Waals surface area contributed by atoms with Crippen LogP contribution in [0, 0.1) is 5.82 Å².